The molecule has 31 heavy (non-hydrogen) atoms. The molecule has 5 nitrogen and oxygen atoms in total. The molecule has 2 heterocycles. The van der Waals surface area contributed by atoms with Gasteiger partial charge in [-0.25, -0.2) is 4.99 Å². The molecule has 176 valence electrons. The maximum atomic E-state index is 4.97. The predicted molar refractivity (Wildman–Crippen MR) is 143 cm³/mol. The summed E-state index contributed by atoms with van der Waals surface area (Å²) in [6.45, 7) is 14.2. The van der Waals surface area contributed by atoms with Crippen LogP contribution in [0.5, 0.6) is 0 Å². The van der Waals surface area contributed by atoms with Crippen molar-refractivity contribution in [3.63, 3.8) is 0 Å². The Morgan fingerprint density at radius 1 is 1.00 bits per heavy atom. The van der Waals surface area contributed by atoms with Crippen LogP contribution in [0.15, 0.2) is 29.3 Å². The molecule has 2 aliphatic heterocycles. The van der Waals surface area contributed by atoms with Gasteiger partial charge in [0.15, 0.2) is 5.96 Å². The Balaban J connectivity index is 0.00000341. The van der Waals surface area contributed by atoms with E-state index in [9.17, 15) is 0 Å². The lowest BCUT2D eigenvalue weighted by molar-refractivity contribution is 0.167. The molecule has 2 fully saturated rings. The highest BCUT2D eigenvalue weighted by molar-refractivity contribution is 14.0. The van der Waals surface area contributed by atoms with Crippen molar-refractivity contribution in [3.8, 4) is 0 Å². The number of benzene rings is 1. The van der Waals surface area contributed by atoms with Crippen molar-refractivity contribution in [2.75, 3.05) is 32.7 Å². The largest absolute Gasteiger partial charge is 0.357 e. The average molecular weight is 542 g/mol. The van der Waals surface area contributed by atoms with Crippen molar-refractivity contribution in [3.05, 3.63) is 35.4 Å². The van der Waals surface area contributed by atoms with E-state index < -0.39 is 0 Å². The third kappa shape index (κ3) is 8.89. The molecular formula is C25H44IN5. The Hall–Kier alpha value is -0.860. The number of nitrogens with one attached hydrogen (secondary N) is 2. The molecule has 0 aromatic heterocycles. The van der Waals surface area contributed by atoms with Gasteiger partial charge >= 0.3 is 0 Å². The van der Waals surface area contributed by atoms with Gasteiger partial charge in [-0.05, 0) is 70.7 Å². The molecule has 0 spiro atoms. The summed E-state index contributed by atoms with van der Waals surface area (Å²) in [5.41, 5.74) is 2.79. The predicted octanol–water partition coefficient (Wildman–Crippen LogP) is 4.61. The van der Waals surface area contributed by atoms with Crippen molar-refractivity contribution in [1.82, 2.24) is 20.4 Å². The summed E-state index contributed by atoms with van der Waals surface area (Å²) in [6.07, 6.45) is 7.82. The lowest BCUT2D eigenvalue weighted by atomic mass is 10.0. The number of rotatable bonds is 7. The summed E-state index contributed by atoms with van der Waals surface area (Å²) in [6, 6.07) is 10.0. The molecular weight excluding hydrogens is 497 g/mol. The Labute approximate surface area is 207 Å². The summed E-state index contributed by atoms with van der Waals surface area (Å²) in [7, 11) is 0. The number of piperidine rings is 1. The van der Waals surface area contributed by atoms with Crippen LogP contribution < -0.4 is 10.6 Å². The van der Waals surface area contributed by atoms with Crippen molar-refractivity contribution in [2.24, 2.45) is 4.99 Å². The summed E-state index contributed by atoms with van der Waals surface area (Å²) >= 11 is 0. The minimum Gasteiger partial charge on any atom is -0.357 e. The zero-order chi connectivity index (χ0) is 21.2. The molecule has 0 amide bonds. The minimum atomic E-state index is 0. The van der Waals surface area contributed by atoms with Crippen LogP contribution in [-0.4, -0.2) is 60.6 Å². The molecule has 3 rings (SSSR count). The van der Waals surface area contributed by atoms with Crippen LogP contribution in [0, 0.1) is 0 Å². The van der Waals surface area contributed by atoms with Gasteiger partial charge in [0, 0.05) is 38.3 Å². The molecule has 1 aromatic carbocycles. The molecule has 0 unspecified atom stereocenters. The van der Waals surface area contributed by atoms with E-state index in [1.165, 1.54) is 75.8 Å². The number of likely N-dealkylation sites (tertiary alicyclic amines) is 2. The number of halogens is 1. The van der Waals surface area contributed by atoms with E-state index in [0.717, 1.165) is 25.6 Å². The van der Waals surface area contributed by atoms with Crippen molar-refractivity contribution in [2.45, 2.75) is 84.5 Å². The maximum absolute atomic E-state index is 4.97. The van der Waals surface area contributed by atoms with Gasteiger partial charge in [0.25, 0.3) is 0 Å². The second-order valence-corrected chi connectivity index (χ2v) is 9.20. The van der Waals surface area contributed by atoms with Crippen LogP contribution >= 0.6 is 24.0 Å². The first-order valence-corrected chi connectivity index (χ1v) is 12.2. The van der Waals surface area contributed by atoms with E-state index in [4.69, 9.17) is 4.99 Å². The highest BCUT2D eigenvalue weighted by Crippen LogP contribution is 2.17. The second-order valence-electron chi connectivity index (χ2n) is 9.20. The first kappa shape index (κ1) is 26.4. The first-order valence-electron chi connectivity index (χ1n) is 12.2. The second kappa shape index (κ2) is 14.3. The molecule has 1 aromatic rings. The van der Waals surface area contributed by atoms with E-state index in [0.29, 0.717) is 12.1 Å². The summed E-state index contributed by atoms with van der Waals surface area (Å²) in [5.74, 6) is 0.963. The number of hydrogen-bond acceptors (Lipinski definition) is 3. The molecule has 0 saturated carbocycles. The van der Waals surface area contributed by atoms with Gasteiger partial charge in [-0.2, -0.15) is 0 Å². The van der Waals surface area contributed by atoms with Crippen LogP contribution in [0.2, 0.25) is 0 Å². The summed E-state index contributed by atoms with van der Waals surface area (Å²) in [4.78, 5) is 10.2. The fraction of sp³-hybridized carbons (Fsp3) is 0.720. The molecule has 6 heteroatoms. The molecule has 2 saturated heterocycles. The minimum absolute atomic E-state index is 0. The third-order valence-corrected chi connectivity index (χ3v) is 6.56. The van der Waals surface area contributed by atoms with Gasteiger partial charge in [0.05, 0.1) is 6.54 Å². The standard InChI is InChI=1S/C25H43N5.HI/c1-4-26-25(28-24-13-17-30(18-14-24)21(2)3)27-19-22-11-7-8-12-23(22)20-29-15-9-5-6-10-16-29;/h7-8,11-12,21,24H,4-6,9-10,13-20H2,1-3H3,(H2,26,27,28);1H. The monoisotopic (exact) mass is 541 g/mol. The number of nitrogens with zero attached hydrogens (tertiary/aromatic N) is 3. The fourth-order valence-corrected chi connectivity index (χ4v) is 4.64. The van der Waals surface area contributed by atoms with Gasteiger partial charge in [-0.3, -0.25) is 4.90 Å². The lowest BCUT2D eigenvalue weighted by Crippen LogP contribution is -2.49. The van der Waals surface area contributed by atoms with Crippen molar-refractivity contribution < 1.29 is 0 Å². The van der Waals surface area contributed by atoms with Crippen LogP contribution in [0.4, 0.5) is 0 Å². The Morgan fingerprint density at radius 3 is 2.26 bits per heavy atom. The zero-order valence-corrected chi connectivity index (χ0v) is 22.2. The van der Waals surface area contributed by atoms with Crippen LogP contribution in [0.1, 0.15) is 70.4 Å². The van der Waals surface area contributed by atoms with E-state index >= 15 is 0 Å². The van der Waals surface area contributed by atoms with Crippen molar-refractivity contribution in [1.29, 1.82) is 0 Å². The lowest BCUT2D eigenvalue weighted by Gasteiger charge is -2.35. The van der Waals surface area contributed by atoms with Crippen LogP contribution in [0.3, 0.4) is 0 Å². The van der Waals surface area contributed by atoms with E-state index in [1.807, 2.05) is 0 Å². The SMILES string of the molecule is CCNC(=NCc1ccccc1CN1CCCCCC1)NC1CCN(C(C)C)CC1.I. The fourth-order valence-electron chi connectivity index (χ4n) is 4.64. The number of hydrogen-bond donors (Lipinski definition) is 2. The van der Waals surface area contributed by atoms with E-state index in [2.05, 4.69) is 65.5 Å². The molecule has 2 aliphatic rings. The van der Waals surface area contributed by atoms with E-state index in [-0.39, 0.29) is 24.0 Å². The van der Waals surface area contributed by atoms with Gasteiger partial charge in [-0.1, -0.05) is 37.1 Å². The highest BCUT2D eigenvalue weighted by atomic mass is 127. The average Bonchev–Trinajstić information content (AvgIpc) is 3.02. The number of aliphatic imine (C=N–C) groups is 1. The van der Waals surface area contributed by atoms with Crippen LogP contribution in [0.25, 0.3) is 0 Å². The molecule has 0 radical (unpaired) electrons. The Kier molecular flexibility index (Phi) is 12.2. The molecule has 0 aliphatic carbocycles. The van der Waals surface area contributed by atoms with Gasteiger partial charge in [0.2, 0.25) is 0 Å². The summed E-state index contributed by atoms with van der Waals surface area (Å²) < 4.78 is 0. The normalized spacial score (nSPS) is 19.7. The smallest absolute Gasteiger partial charge is 0.191 e. The summed E-state index contributed by atoms with van der Waals surface area (Å²) in [5, 5.41) is 7.16. The van der Waals surface area contributed by atoms with Crippen molar-refractivity contribution >= 4 is 29.9 Å². The molecule has 2 N–H and O–H groups in total. The van der Waals surface area contributed by atoms with E-state index in [1.54, 1.807) is 0 Å². The third-order valence-electron chi connectivity index (χ3n) is 6.56. The molecule has 0 atom stereocenters. The quantitative estimate of drug-likeness (QED) is 0.301. The van der Waals surface area contributed by atoms with Gasteiger partial charge in [0.1, 0.15) is 0 Å². The van der Waals surface area contributed by atoms with Crippen LogP contribution in [-0.2, 0) is 13.1 Å². The number of guanidine groups is 1. The maximum Gasteiger partial charge on any atom is 0.191 e. The Morgan fingerprint density at radius 2 is 1.65 bits per heavy atom. The highest BCUT2D eigenvalue weighted by Gasteiger charge is 2.21. The van der Waals surface area contributed by atoms with Gasteiger partial charge in [-0.15, -0.1) is 24.0 Å². The zero-order valence-electron chi connectivity index (χ0n) is 19.9. The molecule has 0 bridgehead atoms. The van der Waals surface area contributed by atoms with Gasteiger partial charge < -0.3 is 15.5 Å². The Bertz CT molecular complexity index is 647. The first-order chi connectivity index (χ1) is 14.7. The topological polar surface area (TPSA) is 42.9 Å².